The molecular formula is C20H22N4OS. The summed E-state index contributed by atoms with van der Waals surface area (Å²) in [5.41, 5.74) is 3.81. The van der Waals surface area contributed by atoms with Crippen LogP contribution in [0.2, 0.25) is 0 Å². The predicted octanol–water partition coefficient (Wildman–Crippen LogP) is 4.04. The molecule has 1 saturated heterocycles. The molecule has 0 bridgehead atoms. The van der Waals surface area contributed by atoms with Gasteiger partial charge in [-0.25, -0.2) is 4.68 Å². The van der Waals surface area contributed by atoms with Crippen molar-refractivity contribution in [3.63, 3.8) is 0 Å². The van der Waals surface area contributed by atoms with Crippen LogP contribution in [0.15, 0.2) is 59.8 Å². The Balaban J connectivity index is 1.64. The molecule has 2 aromatic carbocycles. The minimum Gasteiger partial charge on any atom is -0.376 e. The summed E-state index contributed by atoms with van der Waals surface area (Å²) < 4.78 is 7.63. The van der Waals surface area contributed by atoms with E-state index in [-0.39, 0.29) is 11.4 Å². The zero-order valence-electron chi connectivity index (χ0n) is 14.8. The summed E-state index contributed by atoms with van der Waals surface area (Å²) in [4.78, 5) is 0. The summed E-state index contributed by atoms with van der Waals surface area (Å²) in [5, 5.41) is 13.4. The highest BCUT2D eigenvalue weighted by molar-refractivity contribution is 7.99. The SMILES string of the molecule is Cc1ccccc1[C@H](Sc1nnnn1C[C@H]1CCCO1)c1ccccc1. The van der Waals surface area contributed by atoms with Crippen LogP contribution in [0.3, 0.4) is 0 Å². The van der Waals surface area contributed by atoms with Crippen LogP contribution in [-0.2, 0) is 11.3 Å². The number of tetrazole rings is 1. The topological polar surface area (TPSA) is 52.8 Å². The van der Waals surface area contributed by atoms with Crippen molar-refractivity contribution in [2.24, 2.45) is 0 Å². The Bertz CT molecular complexity index is 846. The van der Waals surface area contributed by atoms with E-state index in [4.69, 9.17) is 4.74 Å². The van der Waals surface area contributed by atoms with Gasteiger partial charge in [-0.2, -0.15) is 0 Å². The third-order valence-electron chi connectivity index (χ3n) is 4.70. The van der Waals surface area contributed by atoms with E-state index in [2.05, 4.69) is 71.0 Å². The van der Waals surface area contributed by atoms with Crippen molar-refractivity contribution in [1.82, 2.24) is 20.2 Å². The molecule has 0 N–H and O–H groups in total. The molecule has 6 heteroatoms. The van der Waals surface area contributed by atoms with Gasteiger partial charge in [-0.05, 0) is 46.9 Å². The smallest absolute Gasteiger partial charge is 0.210 e. The van der Waals surface area contributed by atoms with E-state index in [0.717, 1.165) is 24.6 Å². The summed E-state index contributed by atoms with van der Waals surface area (Å²) in [5.74, 6) is 0. The predicted molar refractivity (Wildman–Crippen MR) is 102 cm³/mol. The zero-order chi connectivity index (χ0) is 17.8. The van der Waals surface area contributed by atoms with Gasteiger partial charge in [-0.3, -0.25) is 0 Å². The van der Waals surface area contributed by atoms with Crippen LogP contribution in [0.25, 0.3) is 0 Å². The summed E-state index contributed by atoms with van der Waals surface area (Å²) in [7, 11) is 0. The third kappa shape index (κ3) is 3.81. The average Bonchev–Trinajstić information content (AvgIpc) is 3.34. The number of nitrogens with zero attached hydrogens (tertiary/aromatic N) is 4. The molecule has 26 heavy (non-hydrogen) atoms. The fourth-order valence-corrected chi connectivity index (χ4v) is 4.51. The lowest BCUT2D eigenvalue weighted by atomic mass is 10.0. The normalized spacial score (nSPS) is 18.1. The molecule has 1 fully saturated rings. The highest BCUT2D eigenvalue weighted by Crippen LogP contribution is 2.40. The van der Waals surface area contributed by atoms with E-state index in [9.17, 15) is 0 Å². The molecule has 0 unspecified atom stereocenters. The second-order valence-electron chi connectivity index (χ2n) is 6.54. The Hall–Kier alpha value is -2.18. The van der Waals surface area contributed by atoms with Gasteiger partial charge in [0.25, 0.3) is 0 Å². The number of hydrogen-bond donors (Lipinski definition) is 0. The highest BCUT2D eigenvalue weighted by atomic mass is 32.2. The van der Waals surface area contributed by atoms with Crippen molar-refractivity contribution in [3.8, 4) is 0 Å². The van der Waals surface area contributed by atoms with Crippen LogP contribution in [-0.4, -0.2) is 32.9 Å². The molecule has 0 amide bonds. The Labute approximate surface area is 157 Å². The maximum Gasteiger partial charge on any atom is 0.210 e. The second-order valence-corrected chi connectivity index (χ2v) is 7.62. The molecule has 0 aliphatic carbocycles. The highest BCUT2D eigenvalue weighted by Gasteiger charge is 2.23. The van der Waals surface area contributed by atoms with Crippen LogP contribution < -0.4 is 0 Å². The largest absolute Gasteiger partial charge is 0.376 e. The van der Waals surface area contributed by atoms with E-state index in [1.807, 2.05) is 10.7 Å². The molecule has 0 radical (unpaired) electrons. The van der Waals surface area contributed by atoms with Crippen molar-refractivity contribution >= 4 is 11.8 Å². The number of aromatic nitrogens is 4. The molecule has 2 heterocycles. The van der Waals surface area contributed by atoms with Crippen molar-refractivity contribution < 1.29 is 4.74 Å². The van der Waals surface area contributed by atoms with Crippen LogP contribution in [0.1, 0.15) is 34.8 Å². The van der Waals surface area contributed by atoms with Gasteiger partial charge >= 0.3 is 0 Å². The summed E-state index contributed by atoms with van der Waals surface area (Å²) in [6, 6.07) is 19.0. The van der Waals surface area contributed by atoms with E-state index in [1.165, 1.54) is 16.7 Å². The zero-order valence-corrected chi connectivity index (χ0v) is 15.6. The quantitative estimate of drug-likeness (QED) is 0.616. The first-order valence-electron chi connectivity index (χ1n) is 8.96. The van der Waals surface area contributed by atoms with Crippen molar-refractivity contribution in [2.45, 2.75) is 42.8 Å². The van der Waals surface area contributed by atoms with Gasteiger partial charge in [0.1, 0.15) is 0 Å². The Morgan fingerprint density at radius 2 is 1.96 bits per heavy atom. The van der Waals surface area contributed by atoms with Gasteiger partial charge in [0.05, 0.1) is 17.9 Å². The summed E-state index contributed by atoms with van der Waals surface area (Å²) >= 11 is 1.70. The summed E-state index contributed by atoms with van der Waals surface area (Å²) in [6.45, 7) is 3.71. The Morgan fingerprint density at radius 1 is 1.15 bits per heavy atom. The van der Waals surface area contributed by atoms with Crippen molar-refractivity contribution in [3.05, 3.63) is 71.3 Å². The fraction of sp³-hybridized carbons (Fsp3) is 0.350. The molecule has 2 atom stereocenters. The molecule has 1 aliphatic rings. The van der Waals surface area contributed by atoms with Crippen LogP contribution in [0.5, 0.6) is 0 Å². The first kappa shape index (κ1) is 17.2. The van der Waals surface area contributed by atoms with Crippen LogP contribution in [0, 0.1) is 6.92 Å². The maximum absolute atomic E-state index is 5.75. The Kier molecular flexibility index (Phi) is 5.32. The number of benzene rings is 2. The first-order chi connectivity index (χ1) is 12.8. The molecular weight excluding hydrogens is 344 g/mol. The molecule has 134 valence electrons. The lowest BCUT2D eigenvalue weighted by Crippen LogP contribution is -2.17. The number of ether oxygens (including phenoxy) is 1. The molecule has 3 aromatic rings. The number of rotatable bonds is 6. The van der Waals surface area contributed by atoms with Crippen LogP contribution in [0.4, 0.5) is 0 Å². The standard InChI is InChI=1S/C20H22N4OS/c1-15-8-5-6-12-18(15)19(16-9-3-2-4-10-16)26-20-21-22-23-24(20)14-17-11-7-13-25-17/h2-6,8-10,12,17,19H,7,11,13-14H2,1H3/t17-,19-/m1/s1. The number of thioether (sulfide) groups is 1. The van der Waals surface area contributed by atoms with Gasteiger partial charge in [-0.15, -0.1) is 5.10 Å². The number of aryl methyl sites for hydroxylation is 1. The van der Waals surface area contributed by atoms with Gasteiger partial charge in [0, 0.05) is 6.61 Å². The lowest BCUT2D eigenvalue weighted by Gasteiger charge is -2.19. The minimum absolute atomic E-state index is 0.145. The Morgan fingerprint density at radius 3 is 2.73 bits per heavy atom. The first-order valence-corrected chi connectivity index (χ1v) is 9.84. The van der Waals surface area contributed by atoms with Gasteiger partial charge < -0.3 is 4.74 Å². The van der Waals surface area contributed by atoms with E-state index in [0.29, 0.717) is 6.54 Å². The van der Waals surface area contributed by atoms with Crippen molar-refractivity contribution in [2.75, 3.05) is 6.61 Å². The van der Waals surface area contributed by atoms with Gasteiger partial charge in [-0.1, -0.05) is 66.4 Å². The molecule has 1 aromatic heterocycles. The summed E-state index contributed by atoms with van der Waals surface area (Å²) in [6.07, 6.45) is 2.40. The second kappa shape index (κ2) is 8.01. The number of hydrogen-bond acceptors (Lipinski definition) is 5. The third-order valence-corrected chi connectivity index (χ3v) is 5.96. The average molecular weight is 366 g/mol. The molecule has 0 spiro atoms. The lowest BCUT2D eigenvalue weighted by molar-refractivity contribution is 0.0911. The fourth-order valence-electron chi connectivity index (χ4n) is 3.30. The molecule has 1 aliphatic heterocycles. The van der Waals surface area contributed by atoms with E-state index >= 15 is 0 Å². The van der Waals surface area contributed by atoms with Gasteiger partial charge in [0.15, 0.2) is 0 Å². The van der Waals surface area contributed by atoms with Crippen LogP contribution >= 0.6 is 11.8 Å². The minimum atomic E-state index is 0.145. The van der Waals surface area contributed by atoms with Gasteiger partial charge in [0.2, 0.25) is 5.16 Å². The monoisotopic (exact) mass is 366 g/mol. The molecule has 5 nitrogen and oxygen atoms in total. The van der Waals surface area contributed by atoms with E-state index < -0.39 is 0 Å². The maximum atomic E-state index is 5.75. The molecule has 0 saturated carbocycles. The van der Waals surface area contributed by atoms with Crippen molar-refractivity contribution in [1.29, 1.82) is 0 Å². The molecule has 4 rings (SSSR count). The van der Waals surface area contributed by atoms with E-state index in [1.54, 1.807) is 11.8 Å².